The second-order valence-electron chi connectivity index (χ2n) is 6.52. The Morgan fingerprint density at radius 3 is 2.92 bits per heavy atom. The van der Waals surface area contributed by atoms with Crippen LogP contribution in [0.4, 0.5) is 11.5 Å². The Labute approximate surface area is 157 Å². The molecule has 5 nitrogen and oxygen atoms in total. The van der Waals surface area contributed by atoms with Crippen LogP contribution in [-0.2, 0) is 4.79 Å². The minimum Gasteiger partial charge on any atom is -0.344 e. The molecule has 2 heterocycles. The molecular weight excluding hydrogens is 348 g/mol. The van der Waals surface area contributed by atoms with Gasteiger partial charge in [-0.2, -0.15) is 0 Å². The van der Waals surface area contributed by atoms with E-state index in [0.717, 1.165) is 41.7 Å². The lowest BCUT2D eigenvalue weighted by Gasteiger charge is -2.25. The summed E-state index contributed by atoms with van der Waals surface area (Å²) in [4.78, 5) is 23.8. The number of hydrogen-bond donors (Lipinski definition) is 1. The van der Waals surface area contributed by atoms with E-state index < -0.39 is 0 Å². The molecule has 1 amide bonds. The third-order valence-electron chi connectivity index (χ3n) is 4.79. The summed E-state index contributed by atoms with van der Waals surface area (Å²) in [5, 5.41) is 4.60. The third-order valence-corrected chi connectivity index (χ3v) is 5.20. The number of rotatable bonds is 3. The molecular formula is C20H19ClN4O. The first-order chi connectivity index (χ1) is 12.6. The predicted molar refractivity (Wildman–Crippen MR) is 105 cm³/mol. The number of anilines is 2. The molecule has 1 aliphatic heterocycles. The molecule has 1 aliphatic rings. The lowest BCUT2D eigenvalue weighted by molar-refractivity contribution is -0.117. The maximum absolute atomic E-state index is 12.9. The van der Waals surface area contributed by atoms with Crippen LogP contribution >= 0.6 is 11.6 Å². The number of para-hydroxylation sites is 1. The number of carbonyl (C=O) groups excluding carboxylic acids is 1. The number of hydrogen-bond acceptors (Lipinski definition) is 4. The second kappa shape index (κ2) is 6.92. The third kappa shape index (κ3) is 3.10. The molecule has 6 heteroatoms. The zero-order valence-corrected chi connectivity index (χ0v) is 15.2. The number of aromatic nitrogens is 2. The molecule has 0 radical (unpaired) electrons. The highest BCUT2D eigenvalue weighted by atomic mass is 35.5. The highest BCUT2D eigenvalue weighted by Gasteiger charge is 2.32. The van der Waals surface area contributed by atoms with E-state index in [1.165, 1.54) is 0 Å². The van der Waals surface area contributed by atoms with Gasteiger partial charge in [0.05, 0.1) is 5.52 Å². The van der Waals surface area contributed by atoms with Crippen molar-refractivity contribution in [1.29, 1.82) is 0 Å². The second-order valence-corrected chi connectivity index (χ2v) is 6.93. The molecule has 132 valence electrons. The Balaban J connectivity index is 1.61. The van der Waals surface area contributed by atoms with Crippen LogP contribution in [0.25, 0.3) is 10.9 Å². The summed E-state index contributed by atoms with van der Waals surface area (Å²) in [5.41, 5.74) is 2.58. The first-order valence-electron chi connectivity index (χ1n) is 8.67. The summed E-state index contributed by atoms with van der Waals surface area (Å²) >= 11 is 6.17. The van der Waals surface area contributed by atoms with Crippen molar-refractivity contribution in [3.05, 3.63) is 59.4 Å². The average Bonchev–Trinajstić information content (AvgIpc) is 3.14. The molecule has 0 saturated carbocycles. The largest absolute Gasteiger partial charge is 0.344 e. The van der Waals surface area contributed by atoms with Crippen molar-refractivity contribution < 1.29 is 4.79 Å². The van der Waals surface area contributed by atoms with E-state index in [0.29, 0.717) is 10.7 Å². The van der Waals surface area contributed by atoms with Gasteiger partial charge in [0.1, 0.15) is 18.2 Å². The van der Waals surface area contributed by atoms with Crippen molar-refractivity contribution in [2.24, 2.45) is 0 Å². The van der Waals surface area contributed by atoms with E-state index in [-0.39, 0.29) is 11.9 Å². The topological polar surface area (TPSA) is 58.1 Å². The van der Waals surface area contributed by atoms with Crippen LogP contribution in [0.5, 0.6) is 0 Å². The Morgan fingerprint density at radius 2 is 2.08 bits per heavy atom. The van der Waals surface area contributed by atoms with Crippen molar-refractivity contribution in [1.82, 2.24) is 9.97 Å². The maximum Gasteiger partial charge on any atom is 0.247 e. The van der Waals surface area contributed by atoms with Crippen LogP contribution in [0.2, 0.25) is 5.02 Å². The standard InChI is InChI=1S/C20H19ClN4O/c1-13-8-9-14(11-16(13)21)24-20(26)18-7-4-10-25(18)19-15-5-2-3-6-17(15)22-12-23-19/h2-3,5-6,8-9,11-12,18H,4,7,10H2,1H3,(H,24,26). The van der Waals surface area contributed by atoms with Gasteiger partial charge < -0.3 is 10.2 Å². The average molecular weight is 367 g/mol. The van der Waals surface area contributed by atoms with Gasteiger partial charge in [0.2, 0.25) is 5.91 Å². The lowest BCUT2D eigenvalue weighted by atomic mass is 10.1. The van der Waals surface area contributed by atoms with E-state index >= 15 is 0 Å². The summed E-state index contributed by atoms with van der Waals surface area (Å²) < 4.78 is 0. The molecule has 4 rings (SSSR count). The molecule has 1 atom stereocenters. The first kappa shape index (κ1) is 16.8. The first-order valence-corrected chi connectivity index (χ1v) is 9.05. The normalized spacial score (nSPS) is 16.8. The van der Waals surface area contributed by atoms with E-state index in [1.807, 2.05) is 43.3 Å². The molecule has 26 heavy (non-hydrogen) atoms. The Kier molecular flexibility index (Phi) is 4.47. The number of carbonyl (C=O) groups is 1. The van der Waals surface area contributed by atoms with E-state index in [4.69, 9.17) is 11.6 Å². The van der Waals surface area contributed by atoms with Crippen molar-refractivity contribution in [3.8, 4) is 0 Å². The van der Waals surface area contributed by atoms with Gasteiger partial charge in [0.25, 0.3) is 0 Å². The van der Waals surface area contributed by atoms with Crippen LogP contribution in [-0.4, -0.2) is 28.5 Å². The van der Waals surface area contributed by atoms with Crippen LogP contribution in [0.15, 0.2) is 48.8 Å². The number of halogens is 1. The molecule has 2 aromatic carbocycles. The molecule has 0 bridgehead atoms. The van der Waals surface area contributed by atoms with Gasteiger partial charge in [-0.05, 0) is 49.6 Å². The molecule has 1 N–H and O–H groups in total. The van der Waals surface area contributed by atoms with Gasteiger partial charge in [0, 0.05) is 22.6 Å². The van der Waals surface area contributed by atoms with Crippen molar-refractivity contribution in [2.75, 3.05) is 16.8 Å². The summed E-state index contributed by atoms with van der Waals surface area (Å²) in [5.74, 6) is 0.778. The number of aryl methyl sites for hydroxylation is 1. The maximum atomic E-state index is 12.9. The lowest BCUT2D eigenvalue weighted by Crippen LogP contribution is -2.40. The van der Waals surface area contributed by atoms with E-state index in [1.54, 1.807) is 12.4 Å². The van der Waals surface area contributed by atoms with Crippen molar-refractivity contribution >= 4 is 39.9 Å². The number of fused-ring (bicyclic) bond motifs is 1. The van der Waals surface area contributed by atoms with Crippen LogP contribution in [0.1, 0.15) is 18.4 Å². The molecule has 1 unspecified atom stereocenters. The van der Waals surface area contributed by atoms with Crippen LogP contribution in [0.3, 0.4) is 0 Å². The molecule has 1 fully saturated rings. The Hall–Kier alpha value is -2.66. The molecule has 0 aliphatic carbocycles. The highest BCUT2D eigenvalue weighted by molar-refractivity contribution is 6.31. The molecule has 1 saturated heterocycles. The Morgan fingerprint density at radius 1 is 1.23 bits per heavy atom. The fraction of sp³-hybridized carbons (Fsp3) is 0.250. The number of benzene rings is 2. The number of nitrogens with one attached hydrogen (secondary N) is 1. The van der Waals surface area contributed by atoms with Crippen molar-refractivity contribution in [2.45, 2.75) is 25.8 Å². The monoisotopic (exact) mass is 366 g/mol. The summed E-state index contributed by atoms with van der Waals surface area (Å²) in [6.45, 7) is 2.74. The fourth-order valence-electron chi connectivity index (χ4n) is 3.41. The zero-order chi connectivity index (χ0) is 18.1. The molecule has 3 aromatic rings. The minimum atomic E-state index is -0.256. The summed E-state index contributed by atoms with van der Waals surface area (Å²) in [6.07, 6.45) is 3.31. The molecule has 0 spiro atoms. The quantitative estimate of drug-likeness (QED) is 0.754. The number of nitrogens with zero attached hydrogens (tertiary/aromatic N) is 3. The Bertz CT molecular complexity index is 970. The highest BCUT2D eigenvalue weighted by Crippen LogP contribution is 2.30. The van der Waals surface area contributed by atoms with Crippen LogP contribution in [0, 0.1) is 6.92 Å². The summed E-state index contributed by atoms with van der Waals surface area (Å²) in [6, 6.07) is 13.2. The smallest absolute Gasteiger partial charge is 0.247 e. The van der Waals surface area contributed by atoms with Gasteiger partial charge in [-0.15, -0.1) is 0 Å². The van der Waals surface area contributed by atoms with E-state index in [9.17, 15) is 4.79 Å². The van der Waals surface area contributed by atoms with Gasteiger partial charge in [-0.3, -0.25) is 4.79 Å². The summed E-state index contributed by atoms with van der Waals surface area (Å²) in [7, 11) is 0. The number of amides is 1. The minimum absolute atomic E-state index is 0.0369. The van der Waals surface area contributed by atoms with Gasteiger partial charge in [-0.25, -0.2) is 9.97 Å². The van der Waals surface area contributed by atoms with Crippen LogP contribution < -0.4 is 10.2 Å². The molecule has 1 aromatic heterocycles. The zero-order valence-electron chi connectivity index (χ0n) is 14.4. The SMILES string of the molecule is Cc1ccc(NC(=O)C2CCCN2c2ncnc3ccccc23)cc1Cl. The van der Waals surface area contributed by atoms with Gasteiger partial charge in [0.15, 0.2) is 0 Å². The predicted octanol–water partition coefficient (Wildman–Crippen LogP) is 4.20. The van der Waals surface area contributed by atoms with Crippen molar-refractivity contribution in [3.63, 3.8) is 0 Å². The van der Waals surface area contributed by atoms with E-state index in [2.05, 4.69) is 20.2 Å². The van der Waals surface area contributed by atoms with Gasteiger partial charge >= 0.3 is 0 Å². The fourth-order valence-corrected chi connectivity index (χ4v) is 3.59. The van der Waals surface area contributed by atoms with Gasteiger partial charge in [-0.1, -0.05) is 29.8 Å².